The molecule has 0 rings (SSSR count). The van der Waals surface area contributed by atoms with E-state index in [1.165, 1.54) is 6.08 Å². The van der Waals surface area contributed by atoms with E-state index in [2.05, 4.69) is 4.76 Å². The molecule has 0 N–H and O–H groups in total. The van der Waals surface area contributed by atoms with Crippen LogP contribution in [-0.4, -0.2) is 43.6 Å². The van der Waals surface area contributed by atoms with E-state index in [-0.39, 0.29) is 0 Å². The van der Waals surface area contributed by atoms with Crippen LogP contribution in [0.25, 0.3) is 0 Å². The van der Waals surface area contributed by atoms with E-state index < -0.39 is 6.49 Å². The predicted octanol–water partition coefficient (Wildman–Crippen LogP) is 0.670. The Morgan fingerprint density at radius 3 is 1.73 bits per heavy atom. The minimum atomic E-state index is -2.16. The zero-order valence-electron chi connectivity index (χ0n) is 7.11. The summed E-state index contributed by atoms with van der Waals surface area (Å²) in [4.78, 5) is 10.0. The summed E-state index contributed by atoms with van der Waals surface area (Å²) in [6, 6.07) is 0. The minimum Gasteiger partial charge on any atom is -0.252 e. The smallest absolute Gasteiger partial charge is 0.242 e. The van der Waals surface area contributed by atoms with Gasteiger partial charge in [-0.3, -0.25) is 9.34 Å². The normalized spacial score (nSPS) is 11.8. The molecule has 64 valence electrons. The van der Waals surface area contributed by atoms with Gasteiger partial charge in [0.2, 0.25) is 6.08 Å². The zero-order valence-corrected chi connectivity index (χ0v) is 8.82. The molecule has 0 aliphatic rings. The number of isocyanates is 1. The van der Waals surface area contributed by atoms with Crippen molar-refractivity contribution in [3.05, 3.63) is 0 Å². The third-order valence-electron chi connectivity index (χ3n) is 1.21. The Bertz CT molecular complexity index is 210. The summed E-state index contributed by atoms with van der Waals surface area (Å²) >= 11 is 5.18. The molecule has 0 aliphatic carbocycles. The molecule has 0 heterocycles. The monoisotopic (exact) mass is 193 g/mol. The van der Waals surface area contributed by atoms with Crippen LogP contribution in [0.1, 0.15) is 0 Å². The highest BCUT2D eigenvalue weighted by molar-refractivity contribution is 8.11. The lowest BCUT2D eigenvalue weighted by atomic mass is 11.3. The fourth-order valence-corrected chi connectivity index (χ4v) is 1.87. The minimum absolute atomic E-state index is 1.51. The van der Waals surface area contributed by atoms with Crippen LogP contribution < -0.4 is 0 Å². The molecule has 0 saturated heterocycles. The first-order valence-electron chi connectivity index (χ1n) is 3.00. The summed E-state index contributed by atoms with van der Waals surface area (Å²) in [7, 11) is 7.23. The Morgan fingerprint density at radius 2 is 1.64 bits per heavy atom. The average molecular weight is 193 g/mol. The molecule has 0 fully saturated rings. The van der Waals surface area contributed by atoms with Crippen LogP contribution >= 0.6 is 6.49 Å². The van der Waals surface area contributed by atoms with Gasteiger partial charge in [0.25, 0.3) is 0 Å². The Balaban J connectivity index is 4.83. The molecular formula is C5H12N3OPS. The Morgan fingerprint density at radius 1 is 1.27 bits per heavy atom. The molecule has 0 unspecified atom stereocenters. The fourth-order valence-electron chi connectivity index (χ4n) is 0.590. The van der Waals surface area contributed by atoms with Crippen molar-refractivity contribution in [1.29, 1.82) is 0 Å². The Hall–Kier alpha value is -0.0500. The molecule has 0 aromatic heterocycles. The topological polar surface area (TPSA) is 35.9 Å². The molecule has 6 heteroatoms. The van der Waals surface area contributed by atoms with Gasteiger partial charge in [0.15, 0.2) is 6.49 Å². The van der Waals surface area contributed by atoms with E-state index in [0.29, 0.717) is 0 Å². The van der Waals surface area contributed by atoms with Gasteiger partial charge in [-0.15, -0.1) is 4.76 Å². The summed E-state index contributed by atoms with van der Waals surface area (Å²) in [5.74, 6) is 0. The van der Waals surface area contributed by atoms with Crippen molar-refractivity contribution < 1.29 is 4.79 Å². The van der Waals surface area contributed by atoms with Crippen molar-refractivity contribution in [2.75, 3.05) is 28.2 Å². The van der Waals surface area contributed by atoms with Gasteiger partial charge in [-0.1, -0.05) is 0 Å². The highest BCUT2D eigenvalue weighted by atomic mass is 32.4. The number of nitrogens with zero attached hydrogens (tertiary/aromatic N) is 3. The summed E-state index contributed by atoms with van der Waals surface area (Å²) in [5.41, 5.74) is 0. The summed E-state index contributed by atoms with van der Waals surface area (Å²) in [5, 5.41) is 0. The second kappa shape index (κ2) is 4.10. The number of hydrogen-bond acceptors (Lipinski definition) is 2. The van der Waals surface area contributed by atoms with E-state index in [1.54, 1.807) is 9.34 Å². The summed E-state index contributed by atoms with van der Waals surface area (Å²) in [6.07, 6.45) is 1.51. The van der Waals surface area contributed by atoms with Crippen molar-refractivity contribution in [3.8, 4) is 0 Å². The quantitative estimate of drug-likeness (QED) is 0.375. The van der Waals surface area contributed by atoms with Gasteiger partial charge >= 0.3 is 0 Å². The van der Waals surface area contributed by atoms with Crippen molar-refractivity contribution in [2.24, 2.45) is 4.76 Å². The van der Waals surface area contributed by atoms with E-state index in [1.807, 2.05) is 28.2 Å². The van der Waals surface area contributed by atoms with E-state index >= 15 is 0 Å². The van der Waals surface area contributed by atoms with E-state index in [4.69, 9.17) is 11.8 Å². The predicted molar refractivity (Wildman–Crippen MR) is 49.8 cm³/mol. The highest BCUT2D eigenvalue weighted by Crippen LogP contribution is 2.50. The molecule has 0 aliphatic heterocycles. The Kier molecular flexibility index (Phi) is 4.08. The van der Waals surface area contributed by atoms with E-state index in [0.717, 1.165) is 0 Å². The maximum Gasteiger partial charge on any atom is 0.242 e. The van der Waals surface area contributed by atoms with Crippen LogP contribution in [0.2, 0.25) is 0 Å². The summed E-state index contributed by atoms with van der Waals surface area (Å²) < 4.78 is 7.17. The summed E-state index contributed by atoms with van der Waals surface area (Å²) in [6.45, 7) is -2.16. The SMILES string of the molecule is CN(C)P(=S)(N=C=O)N(C)C. The lowest BCUT2D eigenvalue weighted by molar-refractivity contribution is 0.556. The van der Waals surface area contributed by atoms with Gasteiger partial charge < -0.3 is 0 Å². The van der Waals surface area contributed by atoms with Crippen LogP contribution in [-0.2, 0) is 16.6 Å². The fraction of sp³-hybridized carbons (Fsp3) is 0.800. The molecular weight excluding hydrogens is 181 g/mol. The second-order valence-electron chi connectivity index (χ2n) is 2.40. The maximum atomic E-state index is 10.0. The van der Waals surface area contributed by atoms with Gasteiger partial charge in [0, 0.05) is 0 Å². The Labute approximate surface area is 72.1 Å². The zero-order chi connectivity index (χ0) is 9.07. The first-order chi connectivity index (χ1) is 4.95. The van der Waals surface area contributed by atoms with Gasteiger partial charge in [-0.2, -0.15) is 0 Å². The van der Waals surface area contributed by atoms with Gasteiger partial charge in [-0.05, 0) is 40.0 Å². The third-order valence-corrected chi connectivity index (χ3v) is 5.84. The van der Waals surface area contributed by atoms with Crippen LogP contribution in [0.15, 0.2) is 4.76 Å². The molecule has 11 heavy (non-hydrogen) atoms. The molecule has 0 atom stereocenters. The largest absolute Gasteiger partial charge is 0.252 e. The molecule has 0 amide bonds. The second-order valence-corrected chi connectivity index (χ2v) is 6.70. The third kappa shape index (κ3) is 2.47. The standard InChI is InChI=1S/C5H12N3OPS/c1-7(2)10(11,6-5-9)8(3)4/h1-4H3. The lowest BCUT2D eigenvalue weighted by Gasteiger charge is -2.28. The van der Waals surface area contributed by atoms with Crippen LogP contribution in [0.4, 0.5) is 0 Å². The van der Waals surface area contributed by atoms with Crippen LogP contribution in [0, 0.1) is 0 Å². The number of hydrogen-bond donors (Lipinski definition) is 0. The van der Waals surface area contributed by atoms with Crippen molar-refractivity contribution in [2.45, 2.75) is 0 Å². The van der Waals surface area contributed by atoms with E-state index in [9.17, 15) is 4.79 Å². The average Bonchev–Trinajstić information content (AvgIpc) is 1.87. The first kappa shape index (κ1) is 11.0. The number of carbonyl (C=O) groups excluding carboxylic acids is 1. The molecule has 4 nitrogen and oxygen atoms in total. The molecule has 0 radical (unpaired) electrons. The first-order valence-corrected chi connectivity index (χ1v) is 5.66. The molecule has 0 spiro atoms. The molecule has 0 bridgehead atoms. The van der Waals surface area contributed by atoms with Crippen molar-refractivity contribution >= 4 is 24.4 Å². The molecule has 0 aromatic rings. The van der Waals surface area contributed by atoms with Gasteiger partial charge in [0.1, 0.15) is 0 Å². The highest BCUT2D eigenvalue weighted by Gasteiger charge is 2.21. The van der Waals surface area contributed by atoms with Crippen LogP contribution in [0.5, 0.6) is 0 Å². The molecule has 0 saturated carbocycles. The van der Waals surface area contributed by atoms with Gasteiger partial charge in [0.05, 0.1) is 0 Å². The van der Waals surface area contributed by atoms with Gasteiger partial charge in [-0.25, -0.2) is 4.79 Å². The lowest BCUT2D eigenvalue weighted by Crippen LogP contribution is -2.18. The van der Waals surface area contributed by atoms with Crippen molar-refractivity contribution in [3.63, 3.8) is 0 Å². The number of rotatable bonds is 3. The maximum absolute atomic E-state index is 10.0. The van der Waals surface area contributed by atoms with Crippen LogP contribution in [0.3, 0.4) is 0 Å². The molecule has 0 aromatic carbocycles. The van der Waals surface area contributed by atoms with Crippen molar-refractivity contribution in [1.82, 2.24) is 9.34 Å².